The molecular weight excluding hydrogens is 218 g/mol. The first-order chi connectivity index (χ1) is 6.10. The zero-order valence-electron chi connectivity index (χ0n) is 7.60. The number of benzene rings is 1. The number of hydrogen-bond donors (Lipinski definition) is 3. The van der Waals surface area contributed by atoms with Crippen molar-refractivity contribution in [3.63, 3.8) is 0 Å². The van der Waals surface area contributed by atoms with E-state index in [2.05, 4.69) is 42.4 Å². The molecule has 0 radical (unpaired) electrons. The van der Waals surface area contributed by atoms with Crippen molar-refractivity contribution in [2.24, 2.45) is 5.73 Å². The summed E-state index contributed by atoms with van der Waals surface area (Å²) in [6.07, 6.45) is 0. The number of nitrogens with two attached hydrogens (primary N) is 1. The molecule has 1 nitrogen and oxygen atoms in total. The van der Waals surface area contributed by atoms with Crippen molar-refractivity contribution < 1.29 is 0 Å². The van der Waals surface area contributed by atoms with E-state index in [1.54, 1.807) is 0 Å². The molecule has 0 unspecified atom stereocenters. The maximum atomic E-state index is 5.51. The second kappa shape index (κ2) is 4.64. The lowest BCUT2D eigenvalue weighted by atomic mass is 10.2. The monoisotopic (exact) mass is 233 g/mol. The van der Waals surface area contributed by atoms with Gasteiger partial charge in [0.05, 0.1) is 0 Å². The zero-order valence-corrected chi connectivity index (χ0v) is 10.2. The molecule has 0 amide bonds. The summed E-state index contributed by atoms with van der Waals surface area (Å²) >= 11 is 9.11. The summed E-state index contributed by atoms with van der Waals surface area (Å²) in [4.78, 5) is 1.21. The molecule has 0 fully saturated rings. The maximum absolute atomic E-state index is 5.51. The predicted molar refractivity (Wildman–Crippen MR) is 68.7 cm³/mol. The highest BCUT2D eigenvalue weighted by atomic mass is 33.5. The molecule has 0 aliphatic heterocycles. The fourth-order valence-electron chi connectivity index (χ4n) is 1.01. The fourth-order valence-corrected chi connectivity index (χ4v) is 2.65. The Morgan fingerprint density at radius 3 is 2.15 bits per heavy atom. The van der Waals surface area contributed by atoms with Crippen molar-refractivity contribution >= 4 is 31.4 Å². The third kappa shape index (κ3) is 2.84. The Morgan fingerprint density at radius 2 is 1.77 bits per heavy atom. The Morgan fingerprint density at radius 1 is 1.23 bits per heavy atom. The van der Waals surface area contributed by atoms with Crippen LogP contribution in [-0.4, -0.2) is 5.75 Å². The van der Waals surface area contributed by atoms with Crippen molar-refractivity contribution in [2.45, 2.75) is 18.4 Å². The van der Waals surface area contributed by atoms with E-state index in [-0.39, 0.29) is 0 Å². The predicted octanol–water partition coefficient (Wildman–Crippen LogP) is 3.02. The van der Waals surface area contributed by atoms with Gasteiger partial charge in [-0.3, -0.25) is 0 Å². The van der Waals surface area contributed by atoms with Gasteiger partial charge in [-0.15, -0.1) is 31.4 Å². The van der Waals surface area contributed by atoms with E-state index in [1.165, 1.54) is 4.90 Å². The molecular formula is C9H15NS3. The Kier molecular flexibility index (Phi) is 4.04. The standard InChI is InChI=1S/C9H15NS3/c1-2-13(11,12)9-5-3-8(7-10)4-6-9/h3-6,11-12H,2,7,10H2,1H3. The summed E-state index contributed by atoms with van der Waals surface area (Å²) in [6, 6.07) is 8.22. The van der Waals surface area contributed by atoms with E-state index in [1.807, 2.05) is 12.1 Å². The van der Waals surface area contributed by atoms with Crippen LogP contribution in [0, 0.1) is 0 Å². The largest absolute Gasteiger partial charge is 0.326 e. The summed E-state index contributed by atoms with van der Waals surface area (Å²) in [5.74, 6) is 0.973. The van der Waals surface area contributed by atoms with Crippen molar-refractivity contribution in [1.82, 2.24) is 0 Å². The van der Waals surface area contributed by atoms with Crippen LogP contribution in [-0.2, 0) is 6.54 Å². The molecule has 1 rings (SSSR count). The Balaban J connectivity index is 2.92. The molecule has 0 aliphatic rings. The highest BCUT2D eigenvalue weighted by Crippen LogP contribution is 2.63. The normalized spacial score (nSPS) is 12.9. The van der Waals surface area contributed by atoms with E-state index in [0.29, 0.717) is 6.54 Å². The maximum Gasteiger partial charge on any atom is 0.0178 e. The summed E-state index contributed by atoms with van der Waals surface area (Å²) in [5, 5.41) is 0. The third-order valence-electron chi connectivity index (χ3n) is 1.94. The molecule has 0 saturated heterocycles. The lowest BCUT2D eigenvalue weighted by Crippen LogP contribution is -1.96. The number of thiol groups is 2. The van der Waals surface area contributed by atoms with Crippen LogP contribution in [0.3, 0.4) is 0 Å². The molecule has 13 heavy (non-hydrogen) atoms. The lowest BCUT2D eigenvalue weighted by Gasteiger charge is -2.27. The van der Waals surface area contributed by atoms with Crippen molar-refractivity contribution in [3.8, 4) is 0 Å². The molecule has 0 aliphatic carbocycles. The molecule has 74 valence electrons. The van der Waals surface area contributed by atoms with E-state index < -0.39 is 8.09 Å². The summed E-state index contributed by atoms with van der Waals surface area (Å²) in [7, 11) is -1.18. The van der Waals surface area contributed by atoms with Gasteiger partial charge < -0.3 is 5.73 Å². The summed E-state index contributed by atoms with van der Waals surface area (Å²) in [6.45, 7) is 2.69. The van der Waals surface area contributed by atoms with Gasteiger partial charge in [0.15, 0.2) is 0 Å². The summed E-state index contributed by atoms with van der Waals surface area (Å²) in [5.41, 5.74) is 6.66. The molecule has 1 aromatic carbocycles. The highest BCUT2D eigenvalue weighted by molar-refractivity contribution is 9.17. The molecule has 0 heterocycles. The van der Waals surface area contributed by atoms with Crippen LogP contribution < -0.4 is 5.73 Å². The second-order valence-electron chi connectivity index (χ2n) is 2.80. The smallest absolute Gasteiger partial charge is 0.0178 e. The minimum atomic E-state index is -1.18. The van der Waals surface area contributed by atoms with Crippen LogP contribution in [0.15, 0.2) is 29.2 Å². The van der Waals surface area contributed by atoms with Gasteiger partial charge in [0.25, 0.3) is 0 Å². The molecule has 0 spiro atoms. The van der Waals surface area contributed by atoms with Gasteiger partial charge in [-0.1, -0.05) is 19.1 Å². The van der Waals surface area contributed by atoms with Crippen LogP contribution in [0.4, 0.5) is 0 Å². The topological polar surface area (TPSA) is 26.0 Å². The number of rotatable bonds is 3. The summed E-state index contributed by atoms with van der Waals surface area (Å²) < 4.78 is 0. The third-order valence-corrected chi connectivity index (χ3v) is 6.59. The number of hydrogen-bond acceptors (Lipinski definition) is 3. The highest BCUT2D eigenvalue weighted by Gasteiger charge is 2.13. The van der Waals surface area contributed by atoms with E-state index in [4.69, 9.17) is 5.73 Å². The van der Waals surface area contributed by atoms with Crippen molar-refractivity contribution in [1.29, 1.82) is 0 Å². The minimum absolute atomic E-state index is 0.591. The molecule has 1 aromatic rings. The van der Waals surface area contributed by atoms with Gasteiger partial charge in [0.2, 0.25) is 0 Å². The molecule has 0 atom stereocenters. The van der Waals surface area contributed by atoms with Gasteiger partial charge in [0, 0.05) is 11.4 Å². The Bertz CT molecular complexity index is 269. The minimum Gasteiger partial charge on any atom is -0.326 e. The zero-order chi connectivity index (χ0) is 9.90. The molecule has 0 bridgehead atoms. The van der Waals surface area contributed by atoms with Crippen LogP contribution in [0.5, 0.6) is 0 Å². The van der Waals surface area contributed by atoms with E-state index in [0.717, 1.165) is 11.3 Å². The van der Waals surface area contributed by atoms with Crippen molar-refractivity contribution in [2.75, 3.05) is 5.75 Å². The van der Waals surface area contributed by atoms with Gasteiger partial charge >= 0.3 is 0 Å². The second-order valence-corrected chi connectivity index (χ2v) is 9.79. The quantitative estimate of drug-likeness (QED) is 0.543. The van der Waals surface area contributed by atoms with Gasteiger partial charge in [-0.25, -0.2) is 0 Å². The SMILES string of the molecule is CCS(S)(S)c1ccc(CN)cc1. The van der Waals surface area contributed by atoms with Crippen LogP contribution >= 0.6 is 31.4 Å². The first-order valence-corrected chi connectivity index (χ1v) is 8.06. The van der Waals surface area contributed by atoms with E-state index in [9.17, 15) is 0 Å². The van der Waals surface area contributed by atoms with Crippen molar-refractivity contribution in [3.05, 3.63) is 29.8 Å². The Labute approximate surface area is 91.0 Å². The molecule has 4 heteroatoms. The lowest BCUT2D eigenvalue weighted by molar-refractivity contribution is 1.07. The van der Waals surface area contributed by atoms with Crippen LogP contribution in [0.2, 0.25) is 0 Å². The van der Waals surface area contributed by atoms with Crippen LogP contribution in [0.1, 0.15) is 12.5 Å². The first kappa shape index (κ1) is 11.3. The average Bonchev–Trinajstić information content (AvgIpc) is 2.18. The van der Waals surface area contributed by atoms with Gasteiger partial charge in [0.1, 0.15) is 0 Å². The average molecular weight is 233 g/mol. The molecule has 0 aromatic heterocycles. The van der Waals surface area contributed by atoms with E-state index >= 15 is 0 Å². The van der Waals surface area contributed by atoms with Gasteiger partial charge in [-0.2, -0.15) is 0 Å². The molecule has 2 N–H and O–H groups in total. The molecule has 0 saturated carbocycles. The Hall–Kier alpha value is 0.230. The van der Waals surface area contributed by atoms with Crippen LogP contribution in [0.25, 0.3) is 0 Å². The van der Waals surface area contributed by atoms with Gasteiger partial charge in [-0.05, 0) is 23.4 Å². The first-order valence-electron chi connectivity index (χ1n) is 4.15. The fraction of sp³-hybridized carbons (Fsp3) is 0.333.